The Kier molecular flexibility index (Phi) is 4.41. The van der Waals surface area contributed by atoms with Crippen LogP contribution < -0.4 is 5.73 Å². The quantitative estimate of drug-likeness (QED) is 0.851. The number of carbonyl (C=O) groups excluding carboxylic acids is 1. The highest BCUT2D eigenvalue weighted by atomic mass is 32.1. The Balaban J connectivity index is 1.53. The Morgan fingerprint density at radius 3 is 2.65 bits per heavy atom. The van der Waals surface area contributed by atoms with Crippen LogP contribution in [0.15, 0.2) is 35.7 Å². The molecule has 1 aromatic heterocycles. The topological polar surface area (TPSA) is 66.6 Å². The van der Waals surface area contributed by atoms with Crippen LogP contribution >= 0.6 is 11.3 Å². The highest BCUT2D eigenvalue weighted by Crippen LogP contribution is 2.50. The van der Waals surface area contributed by atoms with Gasteiger partial charge in [0.2, 0.25) is 0 Å². The van der Waals surface area contributed by atoms with Crippen molar-refractivity contribution in [3.63, 3.8) is 0 Å². The third kappa shape index (κ3) is 2.61. The van der Waals surface area contributed by atoms with Gasteiger partial charge in [-0.15, -0.1) is 11.3 Å². The summed E-state index contributed by atoms with van der Waals surface area (Å²) in [5, 5.41) is 12.8. The minimum absolute atomic E-state index is 0.105. The predicted octanol–water partition coefficient (Wildman–Crippen LogP) is 3.42. The van der Waals surface area contributed by atoms with E-state index in [2.05, 4.69) is 19.9 Å². The maximum atomic E-state index is 12.9. The van der Waals surface area contributed by atoms with Crippen molar-refractivity contribution in [1.29, 1.82) is 0 Å². The van der Waals surface area contributed by atoms with Gasteiger partial charge in [-0.2, -0.15) is 0 Å². The van der Waals surface area contributed by atoms with Crippen LogP contribution in [0.2, 0.25) is 0 Å². The van der Waals surface area contributed by atoms with Crippen LogP contribution in [0.25, 0.3) is 0 Å². The Labute approximate surface area is 158 Å². The second kappa shape index (κ2) is 6.48. The van der Waals surface area contributed by atoms with Crippen molar-refractivity contribution in [2.45, 2.75) is 50.2 Å². The van der Waals surface area contributed by atoms with Crippen LogP contribution in [0.5, 0.6) is 0 Å². The Hall–Kier alpha value is -1.69. The van der Waals surface area contributed by atoms with Gasteiger partial charge in [-0.05, 0) is 36.0 Å². The lowest BCUT2D eigenvalue weighted by Crippen LogP contribution is -2.50. The van der Waals surface area contributed by atoms with Crippen LogP contribution in [0.4, 0.5) is 0 Å². The molecule has 1 aliphatic heterocycles. The zero-order valence-corrected chi connectivity index (χ0v) is 16.1. The van der Waals surface area contributed by atoms with E-state index in [0.29, 0.717) is 19.0 Å². The first kappa shape index (κ1) is 17.7. The van der Waals surface area contributed by atoms with Crippen LogP contribution in [-0.4, -0.2) is 35.1 Å². The molecule has 4 nitrogen and oxygen atoms in total. The number of nitrogens with zero attached hydrogens (tertiary/aromatic N) is 1. The normalized spacial score (nSPS) is 24.3. The molecule has 4 rings (SSSR count). The largest absolute Gasteiger partial charge is 0.390 e. The molecular weight excluding hydrogens is 344 g/mol. The van der Waals surface area contributed by atoms with Gasteiger partial charge in [0.05, 0.1) is 17.7 Å². The molecule has 1 fully saturated rings. The van der Waals surface area contributed by atoms with Gasteiger partial charge in [-0.1, -0.05) is 38.1 Å². The van der Waals surface area contributed by atoms with Crippen molar-refractivity contribution >= 4 is 17.2 Å². The number of fused-ring (bicyclic) bond motifs is 2. The molecule has 2 aromatic rings. The van der Waals surface area contributed by atoms with Crippen LogP contribution in [0.3, 0.4) is 0 Å². The molecule has 2 aliphatic rings. The maximum absolute atomic E-state index is 12.9. The lowest BCUT2D eigenvalue weighted by Gasteiger charge is -2.42. The molecule has 138 valence electrons. The number of thiophene rings is 1. The SMILES string of the molecule is CC(C)c1cc(C(=O)N2CCC3(CC2)c2ccccc2[C@@H](N)[C@@H]3O)cs1. The predicted molar refractivity (Wildman–Crippen MR) is 105 cm³/mol. The molecule has 5 heteroatoms. The van der Waals surface area contributed by atoms with E-state index in [-0.39, 0.29) is 17.4 Å². The molecule has 1 aliphatic carbocycles. The second-order valence-corrected chi connectivity index (χ2v) is 8.84. The van der Waals surface area contributed by atoms with E-state index in [1.807, 2.05) is 34.5 Å². The Morgan fingerprint density at radius 1 is 1.31 bits per heavy atom. The van der Waals surface area contributed by atoms with Gasteiger partial charge in [0.15, 0.2) is 0 Å². The monoisotopic (exact) mass is 370 g/mol. The number of aliphatic hydroxyl groups excluding tert-OH is 1. The van der Waals surface area contributed by atoms with Crippen molar-refractivity contribution < 1.29 is 9.90 Å². The molecule has 1 spiro atoms. The number of carbonyl (C=O) groups is 1. The molecular formula is C21H26N2O2S. The summed E-state index contributed by atoms with van der Waals surface area (Å²) in [7, 11) is 0. The summed E-state index contributed by atoms with van der Waals surface area (Å²) in [6.07, 6.45) is 0.934. The molecule has 3 N–H and O–H groups in total. The lowest BCUT2D eigenvalue weighted by molar-refractivity contribution is 0.0262. The maximum Gasteiger partial charge on any atom is 0.254 e. The van der Waals surface area contributed by atoms with Crippen molar-refractivity contribution in [2.24, 2.45) is 5.73 Å². The van der Waals surface area contributed by atoms with Crippen molar-refractivity contribution in [3.8, 4) is 0 Å². The molecule has 0 unspecified atom stereocenters. The van der Waals surface area contributed by atoms with Crippen LogP contribution in [0.1, 0.15) is 65.0 Å². The van der Waals surface area contributed by atoms with Crippen molar-refractivity contribution in [3.05, 3.63) is 57.3 Å². The number of hydrogen-bond acceptors (Lipinski definition) is 4. The Bertz CT molecular complexity index is 821. The summed E-state index contributed by atoms with van der Waals surface area (Å²) in [5.74, 6) is 0.547. The van der Waals surface area contributed by atoms with Crippen LogP contribution in [0, 0.1) is 0 Å². The summed E-state index contributed by atoms with van der Waals surface area (Å²) in [5.41, 5.74) is 8.98. The van der Waals surface area contributed by atoms with E-state index >= 15 is 0 Å². The van der Waals surface area contributed by atoms with Gasteiger partial charge in [0.1, 0.15) is 0 Å². The minimum Gasteiger partial charge on any atom is -0.390 e. The van der Waals surface area contributed by atoms with E-state index in [0.717, 1.165) is 24.0 Å². The molecule has 0 radical (unpaired) electrons. The van der Waals surface area contributed by atoms with Gasteiger partial charge in [0, 0.05) is 28.8 Å². The highest BCUT2D eigenvalue weighted by Gasteiger charge is 2.51. The molecule has 0 saturated carbocycles. The summed E-state index contributed by atoms with van der Waals surface area (Å²) in [6, 6.07) is 9.80. The fourth-order valence-corrected chi connectivity index (χ4v) is 5.44. The number of benzene rings is 1. The number of aliphatic hydroxyl groups is 1. The molecule has 1 aromatic carbocycles. The van der Waals surface area contributed by atoms with E-state index in [9.17, 15) is 9.90 Å². The lowest BCUT2D eigenvalue weighted by atomic mass is 9.72. The first-order valence-electron chi connectivity index (χ1n) is 9.35. The molecule has 1 amide bonds. The van der Waals surface area contributed by atoms with E-state index in [1.165, 1.54) is 10.4 Å². The van der Waals surface area contributed by atoms with Gasteiger partial charge in [-0.25, -0.2) is 0 Å². The average molecular weight is 371 g/mol. The van der Waals surface area contributed by atoms with Gasteiger partial charge >= 0.3 is 0 Å². The number of piperidine rings is 1. The molecule has 26 heavy (non-hydrogen) atoms. The smallest absolute Gasteiger partial charge is 0.254 e. The van der Waals surface area contributed by atoms with E-state index in [1.54, 1.807) is 11.3 Å². The number of amides is 1. The number of nitrogens with two attached hydrogens (primary N) is 1. The average Bonchev–Trinajstić information content (AvgIpc) is 3.23. The first-order valence-corrected chi connectivity index (χ1v) is 10.2. The zero-order chi connectivity index (χ0) is 18.5. The number of rotatable bonds is 2. The molecule has 2 heterocycles. The summed E-state index contributed by atoms with van der Waals surface area (Å²) in [6.45, 7) is 5.60. The summed E-state index contributed by atoms with van der Waals surface area (Å²) in [4.78, 5) is 16.0. The first-order chi connectivity index (χ1) is 12.4. The minimum atomic E-state index is -0.578. The Morgan fingerprint density at radius 2 is 2.00 bits per heavy atom. The highest BCUT2D eigenvalue weighted by molar-refractivity contribution is 7.10. The van der Waals surface area contributed by atoms with Gasteiger partial charge in [-0.3, -0.25) is 4.79 Å². The van der Waals surface area contributed by atoms with E-state index in [4.69, 9.17) is 5.73 Å². The molecule has 2 atom stereocenters. The summed E-state index contributed by atoms with van der Waals surface area (Å²) < 4.78 is 0. The molecule has 1 saturated heterocycles. The van der Waals surface area contributed by atoms with Crippen molar-refractivity contribution in [2.75, 3.05) is 13.1 Å². The standard InChI is InChI=1S/C21H26N2O2S/c1-13(2)17-11-14(12-26-17)20(25)23-9-7-21(8-10-23)16-6-4-3-5-15(16)18(22)19(21)24/h3-6,11-13,18-19,24H,7-10,22H2,1-2H3/t18-,19+/m1/s1. The third-order valence-electron chi connectivity index (χ3n) is 6.14. The zero-order valence-electron chi connectivity index (χ0n) is 15.3. The number of likely N-dealkylation sites (tertiary alicyclic amines) is 1. The van der Waals surface area contributed by atoms with Gasteiger partial charge < -0.3 is 15.7 Å². The fourth-order valence-electron chi connectivity index (χ4n) is 4.54. The van der Waals surface area contributed by atoms with Crippen LogP contribution in [-0.2, 0) is 5.41 Å². The number of hydrogen-bond donors (Lipinski definition) is 2. The third-order valence-corrected chi connectivity index (χ3v) is 7.37. The van der Waals surface area contributed by atoms with Gasteiger partial charge in [0.25, 0.3) is 5.91 Å². The fraction of sp³-hybridized carbons (Fsp3) is 0.476. The molecule has 0 bridgehead atoms. The van der Waals surface area contributed by atoms with Crippen molar-refractivity contribution in [1.82, 2.24) is 4.90 Å². The summed E-state index contributed by atoms with van der Waals surface area (Å²) >= 11 is 1.66. The second-order valence-electron chi connectivity index (χ2n) is 7.90. The van der Waals surface area contributed by atoms with E-state index < -0.39 is 6.10 Å².